The fraction of sp³-hybridized carbons (Fsp3) is 0.429. The molecule has 0 unspecified atom stereocenters. The van der Waals surface area contributed by atoms with Crippen molar-refractivity contribution in [2.45, 2.75) is 25.1 Å². The lowest BCUT2D eigenvalue weighted by Gasteiger charge is -2.23. The molecule has 2 aromatic heterocycles. The largest absolute Gasteiger partial charge is 0.405 e. The molecule has 1 aliphatic rings. The van der Waals surface area contributed by atoms with Gasteiger partial charge in [-0.25, -0.2) is 9.97 Å². The molecule has 1 aliphatic heterocycles. The predicted octanol–water partition coefficient (Wildman–Crippen LogP) is 1.01. The fourth-order valence-corrected chi connectivity index (χ4v) is 2.67. The zero-order valence-electron chi connectivity index (χ0n) is 12.5. The molecule has 7 nitrogen and oxygen atoms in total. The molecule has 24 heavy (non-hydrogen) atoms. The molecule has 0 bridgehead atoms. The van der Waals surface area contributed by atoms with Crippen LogP contribution in [0.25, 0.3) is 5.78 Å². The van der Waals surface area contributed by atoms with Crippen LogP contribution in [0.5, 0.6) is 0 Å². The van der Waals surface area contributed by atoms with Crippen molar-refractivity contribution in [3.63, 3.8) is 0 Å². The molecule has 1 N–H and O–H groups in total. The minimum atomic E-state index is -4.49. The number of fused-ring (bicyclic) bond motifs is 1. The molecule has 0 radical (unpaired) electrons. The number of nitrogens with one attached hydrogen (secondary N) is 1. The summed E-state index contributed by atoms with van der Waals surface area (Å²) in [7, 11) is 0. The van der Waals surface area contributed by atoms with E-state index in [-0.39, 0.29) is 5.69 Å². The van der Waals surface area contributed by atoms with E-state index >= 15 is 0 Å². The number of nitrogens with zero attached hydrogens (tertiary/aromatic N) is 4. The molecule has 0 saturated carbocycles. The van der Waals surface area contributed by atoms with Gasteiger partial charge in [-0.2, -0.15) is 13.2 Å². The van der Waals surface area contributed by atoms with Crippen LogP contribution in [0.2, 0.25) is 0 Å². The van der Waals surface area contributed by atoms with E-state index in [1.807, 2.05) is 5.32 Å². The third kappa shape index (κ3) is 3.31. The van der Waals surface area contributed by atoms with Gasteiger partial charge in [0.1, 0.15) is 18.3 Å². The van der Waals surface area contributed by atoms with Crippen LogP contribution in [-0.4, -0.2) is 56.4 Å². The second-order valence-electron chi connectivity index (χ2n) is 5.44. The maximum absolute atomic E-state index is 12.6. The van der Waals surface area contributed by atoms with E-state index in [1.165, 1.54) is 17.3 Å². The Morgan fingerprint density at radius 2 is 2.17 bits per heavy atom. The summed E-state index contributed by atoms with van der Waals surface area (Å²) >= 11 is 0. The minimum Gasteiger partial charge on any atom is -0.345 e. The van der Waals surface area contributed by atoms with Crippen molar-refractivity contribution >= 4 is 17.6 Å². The van der Waals surface area contributed by atoms with E-state index in [1.54, 1.807) is 16.7 Å². The van der Waals surface area contributed by atoms with Crippen molar-refractivity contribution < 1.29 is 22.8 Å². The summed E-state index contributed by atoms with van der Waals surface area (Å²) in [5.74, 6) is -0.969. The molecule has 10 heteroatoms. The first kappa shape index (κ1) is 16.2. The Kier molecular flexibility index (Phi) is 4.12. The molecule has 128 valence electrons. The van der Waals surface area contributed by atoms with Crippen LogP contribution in [0.15, 0.2) is 24.7 Å². The van der Waals surface area contributed by atoms with E-state index in [4.69, 9.17) is 0 Å². The summed E-state index contributed by atoms with van der Waals surface area (Å²) in [6, 6.07) is 0.754. The summed E-state index contributed by atoms with van der Waals surface area (Å²) in [6.45, 7) is -1.12. The molecule has 2 aromatic rings. The Hall–Kier alpha value is -2.65. The number of hydrogen-bond acceptors (Lipinski definition) is 4. The number of likely N-dealkylation sites (tertiary alicyclic amines) is 1. The van der Waals surface area contributed by atoms with Gasteiger partial charge in [0.25, 0.3) is 5.91 Å². The summed E-state index contributed by atoms with van der Waals surface area (Å²) in [5.41, 5.74) is 0.101. The minimum absolute atomic E-state index is 0.101. The van der Waals surface area contributed by atoms with Gasteiger partial charge in [-0.15, -0.1) is 0 Å². The Morgan fingerprint density at radius 3 is 2.88 bits per heavy atom. The van der Waals surface area contributed by atoms with E-state index in [0.717, 1.165) is 0 Å². The van der Waals surface area contributed by atoms with Crippen LogP contribution >= 0.6 is 0 Å². The van der Waals surface area contributed by atoms with E-state index < -0.39 is 30.6 Å². The third-order valence-corrected chi connectivity index (χ3v) is 3.73. The van der Waals surface area contributed by atoms with E-state index in [9.17, 15) is 22.8 Å². The van der Waals surface area contributed by atoms with Crippen molar-refractivity contribution in [1.82, 2.24) is 24.6 Å². The molecule has 0 spiro atoms. The molecular formula is C14H14F3N5O2. The van der Waals surface area contributed by atoms with Gasteiger partial charge in [0.2, 0.25) is 11.7 Å². The number of rotatable bonds is 3. The lowest BCUT2D eigenvalue weighted by Crippen LogP contribution is -2.48. The Balaban J connectivity index is 1.74. The highest BCUT2D eigenvalue weighted by Crippen LogP contribution is 2.21. The van der Waals surface area contributed by atoms with Crippen molar-refractivity contribution in [1.29, 1.82) is 0 Å². The van der Waals surface area contributed by atoms with Crippen LogP contribution in [0.3, 0.4) is 0 Å². The Labute approximate surface area is 134 Å². The molecule has 1 saturated heterocycles. The van der Waals surface area contributed by atoms with Gasteiger partial charge in [-0.1, -0.05) is 0 Å². The van der Waals surface area contributed by atoms with Crippen molar-refractivity contribution in [2.24, 2.45) is 0 Å². The third-order valence-electron chi connectivity index (χ3n) is 3.73. The van der Waals surface area contributed by atoms with Gasteiger partial charge in [0.05, 0.1) is 0 Å². The molecule has 1 fully saturated rings. The van der Waals surface area contributed by atoms with Crippen LogP contribution in [-0.2, 0) is 4.79 Å². The smallest absolute Gasteiger partial charge is 0.345 e. The van der Waals surface area contributed by atoms with Crippen molar-refractivity contribution in [3.8, 4) is 0 Å². The summed E-state index contributed by atoms with van der Waals surface area (Å²) in [4.78, 5) is 33.9. The number of carbonyl (C=O) groups is 2. The first-order valence-corrected chi connectivity index (χ1v) is 7.30. The average Bonchev–Trinajstić information content (AvgIpc) is 3.17. The molecule has 0 aromatic carbocycles. The lowest BCUT2D eigenvalue weighted by atomic mass is 10.2. The number of aromatic nitrogens is 3. The number of carbonyl (C=O) groups excluding carboxylic acids is 2. The summed E-state index contributed by atoms with van der Waals surface area (Å²) in [5, 5.41) is 1.83. The molecule has 0 aliphatic carbocycles. The van der Waals surface area contributed by atoms with Crippen LogP contribution in [0, 0.1) is 0 Å². The molecule has 3 heterocycles. The first-order chi connectivity index (χ1) is 11.3. The SMILES string of the molecule is O=C(NCC(F)(F)F)[C@H]1CCCN1C(=O)c1cn2cccnc2n1. The molecule has 3 rings (SSSR count). The zero-order valence-corrected chi connectivity index (χ0v) is 12.5. The number of imidazole rings is 1. The Morgan fingerprint density at radius 1 is 1.38 bits per heavy atom. The van der Waals surface area contributed by atoms with Gasteiger partial charge in [-0.05, 0) is 18.9 Å². The van der Waals surface area contributed by atoms with Gasteiger partial charge < -0.3 is 10.2 Å². The lowest BCUT2D eigenvalue weighted by molar-refractivity contribution is -0.140. The van der Waals surface area contributed by atoms with Crippen LogP contribution in [0.4, 0.5) is 13.2 Å². The summed E-state index contributed by atoms with van der Waals surface area (Å²) in [6.07, 6.45) is 1.05. The fourth-order valence-electron chi connectivity index (χ4n) is 2.67. The number of alkyl halides is 3. The topological polar surface area (TPSA) is 79.6 Å². The van der Waals surface area contributed by atoms with Gasteiger partial charge in [0.15, 0.2) is 0 Å². The summed E-state index contributed by atoms with van der Waals surface area (Å²) < 4.78 is 38.2. The highest BCUT2D eigenvalue weighted by molar-refractivity contribution is 5.96. The maximum Gasteiger partial charge on any atom is 0.405 e. The molecular weight excluding hydrogens is 327 g/mol. The Bertz CT molecular complexity index is 740. The monoisotopic (exact) mass is 341 g/mol. The highest BCUT2D eigenvalue weighted by Gasteiger charge is 2.37. The number of hydrogen-bond donors (Lipinski definition) is 1. The van der Waals surface area contributed by atoms with E-state index in [2.05, 4.69) is 9.97 Å². The van der Waals surface area contributed by atoms with E-state index in [0.29, 0.717) is 25.2 Å². The van der Waals surface area contributed by atoms with Gasteiger partial charge in [-0.3, -0.25) is 14.0 Å². The molecule has 2 amide bonds. The van der Waals surface area contributed by atoms with Gasteiger partial charge >= 0.3 is 6.18 Å². The van der Waals surface area contributed by atoms with Crippen molar-refractivity contribution in [3.05, 3.63) is 30.4 Å². The molecule has 1 atom stereocenters. The first-order valence-electron chi connectivity index (χ1n) is 7.30. The van der Waals surface area contributed by atoms with Crippen LogP contribution in [0.1, 0.15) is 23.3 Å². The van der Waals surface area contributed by atoms with Gasteiger partial charge in [0, 0.05) is 25.1 Å². The number of amides is 2. The van der Waals surface area contributed by atoms with Crippen molar-refractivity contribution in [2.75, 3.05) is 13.1 Å². The average molecular weight is 341 g/mol. The van der Waals surface area contributed by atoms with Crippen LogP contribution < -0.4 is 5.32 Å². The zero-order chi connectivity index (χ0) is 17.3. The highest BCUT2D eigenvalue weighted by atomic mass is 19.4. The standard InChI is InChI=1S/C14H14F3N5O2/c15-14(16,17)8-19-11(23)10-3-1-6-22(10)12(24)9-7-21-5-2-4-18-13(21)20-9/h2,4-5,7,10H,1,3,6,8H2,(H,19,23)/t10-/m1/s1. The quantitative estimate of drug-likeness (QED) is 0.904. The second-order valence-corrected chi connectivity index (χ2v) is 5.44. The number of halogens is 3. The predicted molar refractivity (Wildman–Crippen MR) is 76.1 cm³/mol. The maximum atomic E-state index is 12.6. The normalized spacial score (nSPS) is 18.1. The second kappa shape index (κ2) is 6.10.